The van der Waals surface area contributed by atoms with Crippen molar-refractivity contribution in [2.45, 2.75) is 12.3 Å². The van der Waals surface area contributed by atoms with E-state index < -0.39 is 5.92 Å². The van der Waals surface area contributed by atoms with E-state index >= 15 is 0 Å². The first kappa shape index (κ1) is 13.7. The van der Waals surface area contributed by atoms with Gasteiger partial charge in [0.25, 0.3) is 0 Å². The molecule has 5 heteroatoms. The van der Waals surface area contributed by atoms with Crippen LogP contribution in [0.15, 0.2) is 12.1 Å². The summed E-state index contributed by atoms with van der Waals surface area (Å²) in [5.41, 5.74) is 0.675. The van der Waals surface area contributed by atoms with Crippen LogP contribution in [0.3, 0.4) is 0 Å². The van der Waals surface area contributed by atoms with Gasteiger partial charge in [-0.25, -0.2) is 0 Å². The summed E-state index contributed by atoms with van der Waals surface area (Å²) < 4.78 is 15.6. The molecular weight excluding hydrogens is 232 g/mol. The summed E-state index contributed by atoms with van der Waals surface area (Å²) >= 11 is 0. The molecule has 94 valence electrons. The van der Waals surface area contributed by atoms with Gasteiger partial charge in [-0.1, -0.05) is 0 Å². The molecule has 0 saturated heterocycles. The van der Waals surface area contributed by atoms with Gasteiger partial charge in [0.05, 0.1) is 45.8 Å². The number of methoxy groups -OCH3 is 3. The fourth-order valence-corrected chi connectivity index (χ4v) is 1.63. The van der Waals surface area contributed by atoms with E-state index in [9.17, 15) is 0 Å². The molecule has 0 radical (unpaired) electrons. The normalized spacial score (nSPS) is 10.9. The van der Waals surface area contributed by atoms with Crippen molar-refractivity contribution in [2.24, 2.45) is 0 Å². The molecule has 1 aromatic carbocycles. The zero-order valence-electron chi connectivity index (χ0n) is 10.6. The first-order chi connectivity index (χ1) is 8.71. The zero-order valence-corrected chi connectivity index (χ0v) is 10.6. The number of ether oxygens (including phenoxy) is 3. The Bertz CT molecular complexity index is 475. The van der Waals surface area contributed by atoms with Crippen LogP contribution >= 0.6 is 0 Å². The van der Waals surface area contributed by atoms with Crippen molar-refractivity contribution in [3.8, 4) is 29.4 Å². The highest BCUT2D eigenvalue weighted by Gasteiger charge is 2.18. The van der Waals surface area contributed by atoms with Crippen LogP contribution in [-0.2, 0) is 0 Å². The largest absolute Gasteiger partial charge is 0.493 e. The third-order valence-corrected chi connectivity index (χ3v) is 2.54. The molecular formula is C13H14N2O3. The quantitative estimate of drug-likeness (QED) is 0.796. The van der Waals surface area contributed by atoms with E-state index in [0.717, 1.165) is 0 Å². The van der Waals surface area contributed by atoms with Gasteiger partial charge in [-0.3, -0.25) is 0 Å². The number of nitriles is 2. The van der Waals surface area contributed by atoms with E-state index in [1.807, 2.05) is 6.07 Å². The number of rotatable bonds is 5. The maximum atomic E-state index is 9.05. The van der Waals surface area contributed by atoms with Crippen LogP contribution in [0.5, 0.6) is 17.2 Å². The molecule has 1 aromatic rings. The molecule has 0 fully saturated rings. The minimum Gasteiger partial charge on any atom is -0.493 e. The van der Waals surface area contributed by atoms with Crippen LogP contribution < -0.4 is 14.2 Å². The Balaban J connectivity index is 3.32. The number of hydrogen-bond acceptors (Lipinski definition) is 5. The maximum Gasteiger partial charge on any atom is 0.203 e. The summed E-state index contributed by atoms with van der Waals surface area (Å²) in [6, 6.07) is 7.44. The molecule has 0 aliphatic rings. The van der Waals surface area contributed by atoms with E-state index in [4.69, 9.17) is 24.7 Å². The SMILES string of the molecule is COc1cc([C@H](C#N)CC#N)cc(OC)c1OC. The van der Waals surface area contributed by atoms with Crippen molar-refractivity contribution in [1.82, 2.24) is 0 Å². The molecule has 0 N–H and O–H groups in total. The molecule has 18 heavy (non-hydrogen) atoms. The van der Waals surface area contributed by atoms with Gasteiger partial charge in [-0.2, -0.15) is 10.5 Å². The molecule has 0 saturated carbocycles. The van der Waals surface area contributed by atoms with Gasteiger partial charge >= 0.3 is 0 Å². The summed E-state index contributed by atoms with van der Waals surface area (Å²) in [7, 11) is 4.52. The van der Waals surface area contributed by atoms with Crippen LogP contribution in [0.1, 0.15) is 17.9 Å². The highest BCUT2D eigenvalue weighted by Crippen LogP contribution is 2.40. The van der Waals surface area contributed by atoms with Gasteiger partial charge < -0.3 is 14.2 Å². The molecule has 5 nitrogen and oxygen atoms in total. The molecule has 0 aliphatic heterocycles. The summed E-state index contributed by atoms with van der Waals surface area (Å²) in [4.78, 5) is 0. The second kappa shape index (κ2) is 6.36. The first-order valence-electron chi connectivity index (χ1n) is 5.28. The average Bonchev–Trinajstić information content (AvgIpc) is 2.42. The number of nitrogens with zero attached hydrogens (tertiary/aromatic N) is 2. The minimum absolute atomic E-state index is 0.120. The molecule has 1 rings (SSSR count). The van der Waals surface area contributed by atoms with Crippen molar-refractivity contribution in [2.75, 3.05) is 21.3 Å². The second-order valence-corrected chi connectivity index (χ2v) is 3.50. The zero-order chi connectivity index (χ0) is 13.5. The van der Waals surface area contributed by atoms with Crippen molar-refractivity contribution < 1.29 is 14.2 Å². The van der Waals surface area contributed by atoms with Gasteiger partial charge in [-0.05, 0) is 17.7 Å². The second-order valence-electron chi connectivity index (χ2n) is 3.50. The Kier molecular flexibility index (Phi) is 4.83. The summed E-state index contributed by atoms with van der Waals surface area (Å²) in [5, 5.41) is 17.7. The average molecular weight is 246 g/mol. The highest BCUT2D eigenvalue weighted by molar-refractivity contribution is 5.55. The van der Waals surface area contributed by atoms with E-state index in [-0.39, 0.29) is 6.42 Å². The van der Waals surface area contributed by atoms with E-state index in [1.54, 1.807) is 12.1 Å². The lowest BCUT2D eigenvalue weighted by atomic mass is 9.97. The van der Waals surface area contributed by atoms with E-state index in [1.165, 1.54) is 21.3 Å². The molecule has 0 amide bonds. The van der Waals surface area contributed by atoms with Crippen molar-refractivity contribution in [3.63, 3.8) is 0 Å². The molecule has 1 atom stereocenters. The van der Waals surface area contributed by atoms with Crippen LogP contribution in [0, 0.1) is 22.7 Å². The van der Waals surface area contributed by atoms with Crippen molar-refractivity contribution in [3.05, 3.63) is 17.7 Å². The Morgan fingerprint density at radius 2 is 1.61 bits per heavy atom. The lowest BCUT2D eigenvalue weighted by molar-refractivity contribution is 0.323. The van der Waals surface area contributed by atoms with Gasteiger partial charge in [0, 0.05) is 0 Å². The highest BCUT2D eigenvalue weighted by atomic mass is 16.5. The number of hydrogen-bond donors (Lipinski definition) is 0. The Labute approximate surface area is 106 Å². The molecule has 0 aromatic heterocycles. The van der Waals surface area contributed by atoms with Crippen LogP contribution in [0.2, 0.25) is 0 Å². The van der Waals surface area contributed by atoms with Crippen LogP contribution in [-0.4, -0.2) is 21.3 Å². The Morgan fingerprint density at radius 1 is 1.06 bits per heavy atom. The van der Waals surface area contributed by atoms with E-state index in [2.05, 4.69) is 6.07 Å². The van der Waals surface area contributed by atoms with Gasteiger partial charge in [0.2, 0.25) is 5.75 Å². The molecule has 0 aliphatic carbocycles. The Morgan fingerprint density at radius 3 is 1.94 bits per heavy atom. The van der Waals surface area contributed by atoms with Crippen molar-refractivity contribution in [1.29, 1.82) is 10.5 Å². The number of benzene rings is 1. The van der Waals surface area contributed by atoms with Gasteiger partial charge in [0.1, 0.15) is 0 Å². The lowest BCUT2D eigenvalue weighted by Gasteiger charge is -2.15. The van der Waals surface area contributed by atoms with Crippen molar-refractivity contribution >= 4 is 0 Å². The molecule has 0 heterocycles. The summed E-state index contributed by atoms with van der Waals surface area (Å²) in [5.74, 6) is 0.913. The standard InChI is InChI=1S/C13H14N2O3/c1-16-11-6-10(9(8-15)4-5-14)7-12(17-2)13(11)18-3/h6-7,9H,4H2,1-3H3/t9-/m0/s1. The minimum atomic E-state index is -0.510. The molecule has 0 spiro atoms. The van der Waals surface area contributed by atoms with Crippen LogP contribution in [0.4, 0.5) is 0 Å². The predicted octanol–water partition coefficient (Wildman–Crippen LogP) is 2.23. The fourth-order valence-electron chi connectivity index (χ4n) is 1.63. The van der Waals surface area contributed by atoms with Gasteiger partial charge in [-0.15, -0.1) is 0 Å². The third-order valence-electron chi connectivity index (χ3n) is 2.54. The summed E-state index contributed by atoms with van der Waals surface area (Å²) in [6.07, 6.45) is 0.120. The Hall–Kier alpha value is -2.40. The van der Waals surface area contributed by atoms with Crippen LogP contribution in [0.25, 0.3) is 0 Å². The lowest BCUT2D eigenvalue weighted by Crippen LogP contribution is -2.00. The first-order valence-corrected chi connectivity index (χ1v) is 5.28. The summed E-state index contributed by atoms with van der Waals surface area (Å²) in [6.45, 7) is 0. The topological polar surface area (TPSA) is 75.3 Å². The molecule has 0 unspecified atom stereocenters. The smallest absolute Gasteiger partial charge is 0.203 e. The maximum absolute atomic E-state index is 9.05. The predicted molar refractivity (Wildman–Crippen MR) is 64.7 cm³/mol. The monoisotopic (exact) mass is 246 g/mol. The fraction of sp³-hybridized carbons (Fsp3) is 0.385. The van der Waals surface area contributed by atoms with Gasteiger partial charge in [0.15, 0.2) is 11.5 Å². The molecule has 0 bridgehead atoms. The van der Waals surface area contributed by atoms with E-state index in [0.29, 0.717) is 22.8 Å². The third kappa shape index (κ3) is 2.64.